The molecule has 1 saturated heterocycles. The van der Waals surface area contributed by atoms with E-state index in [4.69, 9.17) is 9.47 Å². The minimum Gasteiger partial charge on any atom is -0.497 e. The average molecular weight is 512 g/mol. The van der Waals surface area contributed by atoms with Crippen molar-refractivity contribution < 1.29 is 19.1 Å². The topological polar surface area (TPSA) is 74.9 Å². The summed E-state index contributed by atoms with van der Waals surface area (Å²) in [5.74, 6) is 1.26. The van der Waals surface area contributed by atoms with Crippen molar-refractivity contribution in [1.82, 2.24) is 14.8 Å². The van der Waals surface area contributed by atoms with Crippen LogP contribution in [0.2, 0.25) is 0 Å². The van der Waals surface area contributed by atoms with Gasteiger partial charge < -0.3 is 24.3 Å². The second-order valence-electron chi connectivity index (χ2n) is 9.77. The van der Waals surface area contributed by atoms with Crippen molar-refractivity contribution in [3.63, 3.8) is 0 Å². The quantitative estimate of drug-likeness (QED) is 0.359. The number of nitrogens with one attached hydrogen (secondary N) is 1. The predicted octanol–water partition coefficient (Wildman–Crippen LogP) is 5.06. The maximum atomic E-state index is 13.8. The Bertz CT molecular complexity index is 1430. The average Bonchev–Trinajstić information content (AvgIpc) is 3.39. The number of ether oxygens (including phenoxy) is 2. The van der Waals surface area contributed by atoms with Crippen LogP contribution in [0.4, 0.5) is 0 Å². The maximum Gasteiger partial charge on any atom is 0.271 e. The Labute approximate surface area is 223 Å². The lowest BCUT2D eigenvalue weighted by Gasteiger charge is -2.45. The van der Waals surface area contributed by atoms with E-state index < -0.39 is 6.04 Å². The van der Waals surface area contributed by atoms with Crippen LogP contribution in [0.5, 0.6) is 11.5 Å². The standard InChI is InChI=1S/C31H33N3O4/c1-21-30(35)34(19-23-10-7-11-26(16-23)37-2)25(13-12-22-8-5-4-6-9-22)20-33(21)31(36)29-18-24-17-27(38-3)14-15-28(24)32-29/h4-11,14-18,21,25,32H,12-13,19-20H2,1-3H3/t21-,25-/m0/s1. The third-order valence-electron chi connectivity index (χ3n) is 7.37. The van der Waals surface area contributed by atoms with Gasteiger partial charge >= 0.3 is 0 Å². The fraction of sp³-hybridized carbons (Fsp3) is 0.290. The Hall–Kier alpha value is -4.26. The van der Waals surface area contributed by atoms with Gasteiger partial charge in [-0.1, -0.05) is 42.5 Å². The molecule has 1 fully saturated rings. The molecule has 5 rings (SSSR count). The van der Waals surface area contributed by atoms with Gasteiger partial charge in [0, 0.05) is 24.0 Å². The monoisotopic (exact) mass is 511 g/mol. The fourth-order valence-corrected chi connectivity index (χ4v) is 5.20. The summed E-state index contributed by atoms with van der Waals surface area (Å²) in [6.45, 7) is 2.74. The van der Waals surface area contributed by atoms with Crippen LogP contribution in [0.1, 0.15) is 35.0 Å². The van der Waals surface area contributed by atoms with E-state index in [0.29, 0.717) is 18.8 Å². The number of nitrogens with zero attached hydrogens (tertiary/aromatic N) is 2. The molecule has 2 amide bonds. The van der Waals surface area contributed by atoms with Gasteiger partial charge in [0.1, 0.15) is 23.2 Å². The summed E-state index contributed by atoms with van der Waals surface area (Å²) < 4.78 is 10.7. The number of H-pyrrole nitrogens is 1. The molecule has 0 spiro atoms. The van der Waals surface area contributed by atoms with Crippen LogP contribution in [0.3, 0.4) is 0 Å². The second-order valence-corrected chi connectivity index (χ2v) is 9.77. The number of hydrogen-bond acceptors (Lipinski definition) is 4. The fourth-order valence-electron chi connectivity index (χ4n) is 5.20. The van der Waals surface area contributed by atoms with Gasteiger partial charge in [0.05, 0.1) is 20.3 Å². The highest BCUT2D eigenvalue weighted by Crippen LogP contribution is 2.27. The highest BCUT2D eigenvalue weighted by Gasteiger charge is 2.40. The van der Waals surface area contributed by atoms with Gasteiger partial charge in [-0.05, 0) is 67.3 Å². The molecule has 7 nitrogen and oxygen atoms in total. The molecule has 7 heteroatoms. The first-order chi connectivity index (χ1) is 18.5. The molecule has 0 saturated carbocycles. The van der Waals surface area contributed by atoms with Crippen LogP contribution in [0.25, 0.3) is 10.9 Å². The van der Waals surface area contributed by atoms with E-state index in [2.05, 4.69) is 17.1 Å². The Balaban J connectivity index is 1.42. The van der Waals surface area contributed by atoms with Crippen LogP contribution in [-0.2, 0) is 17.8 Å². The molecule has 3 aromatic carbocycles. The van der Waals surface area contributed by atoms with Crippen LogP contribution < -0.4 is 9.47 Å². The summed E-state index contributed by atoms with van der Waals surface area (Å²) in [5, 5.41) is 0.893. The lowest BCUT2D eigenvalue weighted by molar-refractivity contribution is -0.144. The first kappa shape index (κ1) is 25.4. The number of methoxy groups -OCH3 is 2. The molecule has 1 N–H and O–H groups in total. The Kier molecular flexibility index (Phi) is 7.36. The van der Waals surface area contributed by atoms with Gasteiger partial charge in [0.25, 0.3) is 5.91 Å². The zero-order valence-electron chi connectivity index (χ0n) is 22.0. The molecule has 196 valence electrons. The molecule has 0 radical (unpaired) electrons. The number of carbonyl (C=O) groups is 2. The largest absolute Gasteiger partial charge is 0.497 e. The zero-order chi connectivity index (χ0) is 26.6. The number of aryl methyl sites for hydroxylation is 1. The summed E-state index contributed by atoms with van der Waals surface area (Å²) in [6.07, 6.45) is 1.57. The zero-order valence-corrected chi connectivity index (χ0v) is 22.0. The normalized spacial score (nSPS) is 17.6. The number of piperazine rings is 1. The highest BCUT2D eigenvalue weighted by molar-refractivity contribution is 6.01. The number of amides is 2. The molecule has 1 aliphatic rings. The molecular formula is C31H33N3O4. The Morgan fingerprint density at radius 3 is 2.42 bits per heavy atom. The van der Waals surface area contributed by atoms with Crippen molar-refractivity contribution >= 4 is 22.7 Å². The van der Waals surface area contributed by atoms with Gasteiger partial charge in [-0.2, -0.15) is 0 Å². The van der Waals surface area contributed by atoms with Crippen LogP contribution in [-0.4, -0.2) is 59.4 Å². The van der Waals surface area contributed by atoms with Gasteiger partial charge in [-0.15, -0.1) is 0 Å². The van der Waals surface area contributed by atoms with E-state index in [9.17, 15) is 9.59 Å². The number of benzene rings is 3. The minimum atomic E-state index is -0.581. The van der Waals surface area contributed by atoms with E-state index >= 15 is 0 Å². The first-order valence-corrected chi connectivity index (χ1v) is 12.9. The summed E-state index contributed by atoms with van der Waals surface area (Å²) in [5.41, 5.74) is 3.53. The van der Waals surface area contributed by atoms with Crippen LogP contribution >= 0.6 is 0 Å². The van der Waals surface area contributed by atoms with E-state index in [1.165, 1.54) is 5.56 Å². The highest BCUT2D eigenvalue weighted by atomic mass is 16.5. The van der Waals surface area contributed by atoms with Gasteiger partial charge in [-0.25, -0.2) is 0 Å². The summed E-state index contributed by atoms with van der Waals surface area (Å²) >= 11 is 0. The number of aromatic nitrogens is 1. The summed E-state index contributed by atoms with van der Waals surface area (Å²) in [7, 11) is 3.26. The molecular weight excluding hydrogens is 478 g/mol. The van der Waals surface area contributed by atoms with Crippen LogP contribution in [0, 0.1) is 0 Å². The molecule has 38 heavy (non-hydrogen) atoms. The number of hydrogen-bond donors (Lipinski definition) is 1. The molecule has 1 aliphatic heterocycles. The molecule has 0 unspecified atom stereocenters. The molecule has 2 heterocycles. The predicted molar refractivity (Wildman–Crippen MR) is 147 cm³/mol. The SMILES string of the molecule is COc1cccc(CN2C(=O)[C@H](C)N(C(=O)c3cc4cc(OC)ccc4[nH]3)C[C@@H]2CCc2ccccc2)c1. The van der Waals surface area contributed by atoms with Gasteiger partial charge in [0.15, 0.2) is 0 Å². The van der Waals surface area contributed by atoms with Crippen molar-refractivity contribution in [2.24, 2.45) is 0 Å². The van der Waals surface area contributed by atoms with E-state index in [1.54, 1.807) is 19.1 Å². The van der Waals surface area contributed by atoms with E-state index in [-0.39, 0.29) is 17.9 Å². The molecule has 1 aromatic heterocycles. The number of aromatic amines is 1. The molecule has 2 atom stereocenters. The van der Waals surface area contributed by atoms with Crippen molar-refractivity contribution in [3.8, 4) is 11.5 Å². The minimum absolute atomic E-state index is 0.0525. The summed E-state index contributed by atoms with van der Waals surface area (Å²) in [4.78, 5) is 34.4. The van der Waals surface area contributed by atoms with Crippen molar-refractivity contribution in [3.05, 3.63) is 95.7 Å². The molecule has 0 bridgehead atoms. The molecule has 0 aliphatic carbocycles. The van der Waals surface area contributed by atoms with Crippen LogP contribution in [0.15, 0.2) is 78.9 Å². The lowest BCUT2D eigenvalue weighted by Crippen LogP contribution is -2.61. The van der Waals surface area contributed by atoms with Crippen molar-refractivity contribution in [2.75, 3.05) is 20.8 Å². The second kappa shape index (κ2) is 11.0. The number of carbonyl (C=O) groups excluding carboxylic acids is 2. The van der Waals surface area contributed by atoms with Gasteiger partial charge in [0.2, 0.25) is 5.91 Å². The van der Waals surface area contributed by atoms with Crippen molar-refractivity contribution in [2.45, 2.75) is 38.4 Å². The van der Waals surface area contributed by atoms with Gasteiger partial charge in [-0.3, -0.25) is 9.59 Å². The summed E-state index contributed by atoms with van der Waals surface area (Å²) in [6, 6.07) is 24.8. The van der Waals surface area contributed by atoms with Crippen molar-refractivity contribution in [1.29, 1.82) is 0 Å². The van der Waals surface area contributed by atoms with E-state index in [0.717, 1.165) is 40.8 Å². The smallest absolute Gasteiger partial charge is 0.271 e. The lowest BCUT2D eigenvalue weighted by atomic mass is 9.98. The third-order valence-corrected chi connectivity index (χ3v) is 7.37. The maximum absolute atomic E-state index is 13.8. The first-order valence-electron chi connectivity index (χ1n) is 12.9. The number of rotatable bonds is 8. The Morgan fingerprint density at radius 2 is 1.66 bits per heavy atom. The third kappa shape index (κ3) is 5.23. The number of fused-ring (bicyclic) bond motifs is 1. The molecule has 4 aromatic rings. The Morgan fingerprint density at radius 1 is 0.921 bits per heavy atom. The van der Waals surface area contributed by atoms with E-state index in [1.807, 2.05) is 78.6 Å².